The third kappa shape index (κ3) is 2.87. The second kappa shape index (κ2) is 5.17. The molecule has 98 valence electrons. The molecule has 0 N–H and O–H groups in total. The maximum Gasteiger partial charge on any atom is 0.254 e. The number of hydrogen-bond donors (Lipinski definition) is 0. The van der Waals surface area contributed by atoms with Gasteiger partial charge in [0.05, 0.1) is 6.54 Å². The van der Waals surface area contributed by atoms with Gasteiger partial charge in [-0.3, -0.25) is 4.79 Å². The number of amides is 1. The number of carbonyl (C=O) groups is 1. The van der Waals surface area contributed by atoms with E-state index in [2.05, 4.69) is 11.4 Å². The molecule has 2 nitrogen and oxygen atoms in total. The van der Waals surface area contributed by atoms with Crippen molar-refractivity contribution in [3.8, 4) is 0 Å². The summed E-state index contributed by atoms with van der Waals surface area (Å²) in [5.74, 6) is 0.166. The summed E-state index contributed by atoms with van der Waals surface area (Å²) in [7, 11) is 0. The van der Waals surface area contributed by atoms with Crippen LogP contribution in [0.25, 0.3) is 0 Å². The Morgan fingerprint density at radius 1 is 1.32 bits per heavy atom. The zero-order chi connectivity index (χ0) is 13.2. The molecule has 0 unspecified atom stereocenters. The highest BCUT2D eigenvalue weighted by molar-refractivity contribution is 7.09. The summed E-state index contributed by atoms with van der Waals surface area (Å²) >= 11 is 1.72. The predicted molar refractivity (Wildman–Crippen MR) is 78.4 cm³/mol. The Morgan fingerprint density at radius 2 is 2.16 bits per heavy atom. The average Bonchev–Trinajstić information content (AvgIpc) is 3.12. The van der Waals surface area contributed by atoms with Gasteiger partial charge in [0.25, 0.3) is 5.91 Å². The van der Waals surface area contributed by atoms with E-state index in [1.165, 1.54) is 4.88 Å². The van der Waals surface area contributed by atoms with E-state index in [-0.39, 0.29) is 5.91 Å². The van der Waals surface area contributed by atoms with Gasteiger partial charge < -0.3 is 4.90 Å². The Labute approximate surface area is 117 Å². The van der Waals surface area contributed by atoms with Crippen molar-refractivity contribution in [2.75, 3.05) is 0 Å². The number of aryl methyl sites for hydroxylation is 1. The lowest BCUT2D eigenvalue weighted by Crippen LogP contribution is -2.32. The molecule has 1 aliphatic carbocycles. The van der Waals surface area contributed by atoms with Crippen molar-refractivity contribution < 1.29 is 4.79 Å². The molecule has 1 heterocycles. The highest BCUT2D eigenvalue weighted by atomic mass is 32.1. The van der Waals surface area contributed by atoms with E-state index in [9.17, 15) is 4.79 Å². The number of thiophene rings is 1. The largest absolute Gasteiger partial charge is 0.331 e. The Morgan fingerprint density at radius 3 is 2.79 bits per heavy atom. The van der Waals surface area contributed by atoms with Gasteiger partial charge in [-0.25, -0.2) is 0 Å². The molecule has 1 amide bonds. The van der Waals surface area contributed by atoms with Gasteiger partial charge in [-0.15, -0.1) is 11.3 Å². The van der Waals surface area contributed by atoms with E-state index < -0.39 is 0 Å². The Kier molecular flexibility index (Phi) is 3.38. The second-order valence-corrected chi connectivity index (χ2v) is 6.15. The summed E-state index contributed by atoms with van der Waals surface area (Å²) in [6, 6.07) is 12.5. The summed E-state index contributed by atoms with van der Waals surface area (Å²) < 4.78 is 0. The third-order valence-corrected chi connectivity index (χ3v) is 4.28. The van der Waals surface area contributed by atoms with E-state index >= 15 is 0 Å². The molecule has 0 bridgehead atoms. The van der Waals surface area contributed by atoms with E-state index in [0.717, 1.165) is 30.5 Å². The standard InChI is InChI=1S/C16H17NOS/c1-12-4-2-5-13(10-12)16(18)17(14-7-8-14)11-15-6-3-9-19-15/h2-6,9-10,14H,7-8,11H2,1H3. The highest BCUT2D eigenvalue weighted by Gasteiger charge is 2.33. The zero-order valence-corrected chi connectivity index (χ0v) is 11.8. The molecule has 0 atom stereocenters. The minimum absolute atomic E-state index is 0.166. The fourth-order valence-corrected chi connectivity index (χ4v) is 2.97. The summed E-state index contributed by atoms with van der Waals surface area (Å²) in [6.07, 6.45) is 2.28. The van der Waals surface area contributed by atoms with Crippen molar-refractivity contribution >= 4 is 17.2 Å². The summed E-state index contributed by atoms with van der Waals surface area (Å²) in [6.45, 7) is 2.77. The average molecular weight is 271 g/mol. The van der Waals surface area contributed by atoms with Crippen LogP contribution in [0.1, 0.15) is 33.6 Å². The summed E-state index contributed by atoms with van der Waals surface area (Å²) in [4.78, 5) is 15.9. The van der Waals surface area contributed by atoms with Crippen LogP contribution in [0.2, 0.25) is 0 Å². The first-order valence-electron chi connectivity index (χ1n) is 6.64. The minimum Gasteiger partial charge on any atom is -0.331 e. The predicted octanol–water partition coefficient (Wildman–Crippen LogP) is 3.86. The van der Waals surface area contributed by atoms with E-state index in [1.54, 1.807) is 11.3 Å². The SMILES string of the molecule is Cc1cccc(C(=O)N(Cc2cccs2)C2CC2)c1. The fourth-order valence-electron chi connectivity index (χ4n) is 2.27. The molecule has 1 aromatic carbocycles. The first kappa shape index (κ1) is 12.4. The molecule has 0 aliphatic heterocycles. The van der Waals surface area contributed by atoms with Gasteiger partial charge in [-0.1, -0.05) is 23.8 Å². The molecule has 1 saturated carbocycles. The summed E-state index contributed by atoms with van der Waals surface area (Å²) in [5.41, 5.74) is 1.95. The molecule has 0 spiro atoms. The van der Waals surface area contributed by atoms with E-state index in [4.69, 9.17) is 0 Å². The Hall–Kier alpha value is -1.61. The quantitative estimate of drug-likeness (QED) is 0.827. The molecule has 19 heavy (non-hydrogen) atoms. The fraction of sp³-hybridized carbons (Fsp3) is 0.312. The van der Waals surface area contributed by atoms with Gasteiger partial charge in [0, 0.05) is 16.5 Å². The lowest BCUT2D eigenvalue weighted by atomic mass is 10.1. The number of hydrogen-bond acceptors (Lipinski definition) is 2. The highest BCUT2D eigenvalue weighted by Crippen LogP contribution is 2.30. The maximum atomic E-state index is 12.6. The molecule has 3 rings (SSSR count). The van der Waals surface area contributed by atoms with Crippen molar-refractivity contribution in [1.82, 2.24) is 4.90 Å². The minimum atomic E-state index is 0.166. The van der Waals surface area contributed by atoms with Crippen LogP contribution in [0.15, 0.2) is 41.8 Å². The molecule has 1 aromatic heterocycles. The third-order valence-electron chi connectivity index (χ3n) is 3.42. The molecular formula is C16H17NOS. The van der Waals surface area contributed by atoms with Crippen LogP contribution >= 0.6 is 11.3 Å². The monoisotopic (exact) mass is 271 g/mol. The molecule has 3 heteroatoms. The lowest BCUT2D eigenvalue weighted by Gasteiger charge is -2.22. The first-order chi connectivity index (χ1) is 9.24. The van der Waals surface area contributed by atoms with Crippen molar-refractivity contribution in [3.63, 3.8) is 0 Å². The Bertz CT molecular complexity index is 572. The molecule has 1 fully saturated rings. The van der Waals surface area contributed by atoms with Gasteiger partial charge in [0.1, 0.15) is 0 Å². The van der Waals surface area contributed by atoms with Crippen LogP contribution in [0.3, 0.4) is 0 Å². The van der Waals surface area contributed by atoms with Gasteiger partial charge >= 0.3 is 0 Å². The van der Waals surface area contributed by atoms with E-state index in [1.807, 2.05) is 42.2 Å². The smallest absolute Gasteiger partial charge is 0.254 e. The van der Waals surface area contributed by atoms with E-state index in [0.29, 0.717) is 6.04 Å². The van der Waals surface area contributed by atoms with Crippen LogP contribution in [0.5, 0.6) is 0 Å². The van der Waals surface area contributed by atoms with Crippen LogP contribution < -0.4 is 0 Å². The van der Waals surface area contributed by atoms with Gasteiger partial charge in [0.2, 0.25) is 0 Å². The number of rotatable bonds is 4. The Balaban J connectivity index is 1.82. The molecule has 0 saturated heterocycles. The number of carbonyl (C=O) groups excluding carboxylic acids is 1. The van der Waals surface area contributed by atoms with Crippen LogP contribution in [0, 0.1) is 6.92 Å². The normalized spacial score (nSPS) is 14.4. The molecule has 2 aromatic rings. The van der Waals surface area contributed by atoms with Gasteiger partial charge in [-0.05, 0) is 43.3 Å². The lowest BCUT2D eigenvalue weighted by molar-refractivity contribution is 0.0731. The molecular weight excluding hydrogens is 254 g/mol. The first-order valence-corrected chi connectivity index (χ1v) is 7.52. The molecule has 1 aliphatic rings. The molecule has 0 radical (unpaired) electrons. The second-order valence-electron chi connectivity index (χ2n) is 5.11. The van der Waals surface area contributed by atoms with Crippen LogP contribution in [0.4, 0.5) is 0 Å². The summed E-state index contributed by atoms with van der Waals surface area (Å²) in [5, 5.41) is 2.07. The van der Waals surface area contributed by atoms with Crippen molar-refractivity contribution in [2.45, 2.75) is 32.4 Å². The maximum absolute atomic E-state index is 12.6. The zero-order valence-electron chi connectivity index (χ0n) is 11.0. The number of nitrogens with zero attached hydrogens (tertiary/aromatic N) is 1. The van der Waals surface area contributed by atoms with Crippen LogP contribution in [-0.2, 0) is 6.54 Å². The van der Waals surface area contributed by atoms with Gasteiger partial charge in [0.15, 0.2) is 0 Å². The van der Waals surface area contributed by atoms with Crippen molar-refractivity contribution in [1.29, 1.82) is 0 Å². The van der Waals surface area contributed by atoms with Crippen molar-refractivity contribution in [3.05, 3.63) is 57.8 Å². The van der Waals surface area contributed by atoms with Crippen molar-refractivity contribution in [2.24, 2.45) is 0 Å². The van der Waals surface area contributed by atoms with Gasteiger partial charge in [-0.2, -0.15) is 0 Å². The van der Waals surface area contributed by atoms with Crippen LogP contribution in [-0.4, -0.2) is 16.8 Å². The number of benzene rings is 1. The topological polar surface area (TPSA) is 20.3 Å².